The number of para-hydroxylation sites is 1. The Morgan fingerprint density at radius 1 is 0.750 bits per heavy atom. The molecule has 4 rings (SSSR count). The summed E-state index contributed by atoms with van der Waals surface area (Å²) in [5, 5.41) is 0. The maximum Gasteiger partial charge on any atom is 0.127 e. The van der Waals surface area contributed by atoms with E-state index in [1.165, 1.54) is 50.6 Å². The highest BCUT2D eigenvalue weighted by Crippen LogP contribution is 2.38. The summed E-state index contributed by atoms with van der Waals surface area (Å²) >= 11 is 0. The largest absolute Gasteiger partial charge is 0.457 e. The molecular weight excluding hydrogens is 318 g/mol. The van der Waals surface area contributed by atoms with Crippen molar-refractivity contribution in [1.82, 2.24) is 4.90 Å². The SMILES string of the molecule is Cl.c1ccc(Oc2ccc([C@H]3CCC[C@H]4CCCCN43)cc2)cc1. The van der Waals surface area contributed by atoms with Crippen LogP contribution in [0.3, 0.4) is 0 Å². The first-order chi connectivity index (χ1) is 11.4. The van der Waals surface area contributed by atoms with Gasteiger partial charge in [-0.2, -0.15) is 0 Å². The molecule has 0 unspecified atom stereocenters. The molecule has 24 heavy (non-hydrogen) atoms. The molecule has 2 aromatic rings. The predicted molar refractivity (Wildman–Crippen MR) is 101 cm³/mol. The molecular formula is C21H26ClNO. The molecule has 0 spiro atoms. The van der Waals surface area contributed by atoms with Gasteiger partial charge in [-0.05, 0) is 68.5 Å². The van der Waals surface area contributed by atoms with Crippen molar-refractivity contribution in [1.29, 1.82) is 0 Å². The van der Waals surface area contributed by atoms with E-state index < -0.39 is 0 Å². The summed E-state index contributed by atoms with van der Waals surface area (Å²) in [6.07, 6.45) is 8.24. The van der Waals surface area contributed by atoms with Crippen LogP contribution >= 0.6 is 12.4 Å². The molecule has 0 bridgehead atoms. The predicted octanol–water partition coefficient (Wildman–Crippen LogP) is 5.98. The lowest BCUT2D eigenvalue weighted by Crippen LogP contribution is -2.44. The van der Waals surface area contributed by atoms with Crippen molar-refractivity contribution in [2.24, 2.45) is 0 Å². The van der Waals surface area contributed by atoms with E-state index in [1.54, 1.807) is 0 Å². The zero-order valence-corrected chi connectivity index (χ0v) is 14.9. The van der Waals surface area contributed by atoms with Crippen molar-refractivity contribution in [3.05, 3.63) is 60.2 Å². The van der Waals surface area contributed by atoms with Crippen LogP contribution in [0.2, 0.25) is 0 Å². The second kappa shape index (κ2) is 8.04. The van der Waals surface area contributed by atoms with Crippen LogP contribution in [0, 0.1) is 0 Å². The first-order valence-corrected chi connectivity index (χ1v) is 8.99. The van der Waals surface area contributed by atoms with Gasteiger partial charge in [0.2, 0.25) is 0 Å². The topological polar surface area (TPSA) is 12.5 Å². The number of benzene rings is 2. The van der Waals surface area contributed by atoms with E-state index in [-0.39, 0.29) is 12.4 Å². The van der Waals surface area contributed by atoms with Crippen molar-refractivity contribution < 1.29 is 4.74 Å². The molecule has 0 radical (unpaired) electrons. The zero-order valence-electron chi connectivity index (χ0n) is 14.1. The average Bonchev–Trinajstić information content (AvgIpc) is 2.63. The number of hydrogen-bond acceptors (Lipinski definition) is 2. The van der Waals surface area contributed by atoms with Gasteiger partial charge in [-0.25, -0.2) is 0 Å². The molecule has 2 atom stereocenters. The fraction of sp³-hybridized carbons (Fsp3) is 0.429. The maximum atomic E-state index is 5.91. The van der Waals surface area contributed by atoms with Crippen molar-refractivity contribution >= 4 is 12.4 Å². The summed E-state index contributed by atoms with van der Waals surface area (Å²) in [6, 6.07) is 20.2. The minimum atomic E-state index is 0. The average molecular weight is 344 g/mol. The van der Waals surface area contributed by atoms with Crippen LogP contribution in [0.4, 0.5) is 0 Å². The van der Waals surface area contributed by atoms with Crippen molar-refractivity contribution in [3.8, 4) is 11.5 Å². The number of rotatable bonds is 3. The Balaban J connectivity index is 0.00000169. The summed E-state index contributed by atoms with van der Waals surface area (Å²) < 4.78 is 5.91. The summed E-state index contributed by atoms with van der Waals surface area (Å²) in [5.74, 6) is 1.82. The summed E-state index contributed by atoms with van der Waals surface area (Å²) in [6.45, 7) is 1.28. The molecule has 0 amide bonds. The third kappa shape index (κ3) is 3.76. The molecule has 3 heteroatoms. The molecule has 2 nitrogen and oxygen atoms in total. The first-order valence-electron chi connectivity index (χ1n) is 8.99. The van der Waals surface area contributed by atoms with Gasteiger partial charge < -0.3 is 4.74 Å². The van der Waals surface area contributed by atoms with Crippen molar-refractivity contribution in [2.75, 3.05) is 6.54 Å². The Hall–Kier alpha value is -1.51. The monoisotopic (exact) mass is 343 g/mol. The first kappa shape index (κ1) is 17.3. The smallest absolute Gasteiger partial charge is 0.127 e. The molecule has 2 aromatic carbocycles. The van der Waals surface area contributed by atoms with E-state index in [4.69, 9.17) is 4.74 Å². The molecule has 0 N–H and O–H groups in total. The third-order valence-corrected chi connectivity index (χ3v) is 5.33. The lowest BCUT2D eigenvalue weighted by molar-refractivity contribution is 0.0518. The molecule has 2 fully saturated rings. The van der Waals surface area contributed by atoms with Gasteiger partial charge in [0.1, 0.15) is 11.5 Å². The molecule has 2 heterocycles. The van der Waals surface area contributed by atoms with Gasteiger partial charge in [-0.3, -0.25) is 4.90 Å². The molecule has 0 aromatic heterocycles. The van der Waals surface area contributed by atoms with Crippen LogP contribution in [0.25, 0.3) is 0 Å². The second-order valence-electron chi connectivity index (χ2n) is 6.82. The van der Waals surface area contributed by atoms with E-state index in [0.29, 0.717) is 6.04 Å². The summed E-state index contributed by atoms with van der Waals surface area (Å²) in [7, 11) is 0. The molecule has 128 valence electrons. The molecule has 2 aliphatic heterocycles. The van der Waals surface area contributed by atoms with Crippen molar-refractivity contribution in [2.45, 2.75) is 50.6 Å². The fourth-order valence-electron chi connectivity index (χ4n) is 4.20. The van der Waals surface area contributed by atoms with Crippen LogP contribution in [-0.2, 0) is 0 Å². The quantitative estimate of drug-likeness (QED) is 0.679. The Bertz CT molecular complexity index is 626. The molecule has 0 aliphatic carbocycles. The lowest BCUT2D eigenvalue weighted by atomic mass is 9.86. The van der Waals surface area contributed by atoms with Crippen LogP contribution in [0.1, 0.15) is 50.1 Å². The maximum absolute atomic E-state index is 5.91. The number of ether oxygens (including phenoxy) is 1. The van der Waals surface area contributed by atoms with Crippen LogP contribution in [-0.4, -0.2) is 17.5 Å². The van der Waals surface area contributed by atoms with Gasteiger partial charge >= 0.3 is 0 Å². The number of halogens is 1. The van der Waals surface area contributed by atoms with Gasteiger partial charge in [-0.15, -0.1) is 12.4 Å². The van der Waals surface area contributed by atoms with Gasteiger partial charge in [0, 0.05) is 12.1 Å². The number of fused-ring (bicyclic) bond motifs is 1. The highest BCUT2D eigenvalue weighted by atomic mass is 35.5. The molecule has 2 saturated heterocycles. The van der Waals surface area contributed by atoms with Gasteiger partial charge in [0.25, 0.3) is 0 Å². The number of hydrogen-bond donors (Lipinski definition) is 0. The Labute approximate surface area is 151 Å². The number of nitrogens with zero attached hydrogens (tertiary/aromatic N) is 1. The van der Waals surface area contributed by atoms with Gasteiger partial charge in [0.05, 0.1) is 0 Å². The van der Waals surface area contributed by atoms with E-state index in [1.807, 2.05) is 30.3 Å². The Kier molecular flexibility index (Phi) is 5.80. The minimum absolute atomic E-state index is 0. The van der Waals surface area contributed by atoms with E-state index in [0.717, 1.165) is 17.5 Å². The van der Waals surface area contributed by atoms with E-state index in [2.05, 4.69) is 29.2 Å². The summed E-state index contributed by atoms with van der Waals surface area (Å²) in [4.78, 5) is 2.76. The molecule has 2 aliphatic rings. The van der Waals surface area contributed by atoms with Crippen LogP contribution < -0.4 is 4.74 Å². The normalized spacial score (nSPS) is 23.8. The second-order valence-corrected chi connectivity index (χ2v) is 6.82. The van der Waals surface area contributed by atoms with E-state index >= 15 is 0 Å². The van der Waals surface area contributed by atoms with Crippen LogP contribution in [0.5, 0.6) is 11.5 Å². The highest BCUT2D eigenvalue weighted by Gasteiger charge is 2.32. The summed E-state index contributed by atoms with van der Waals surface area (Å²) in [5.41, 5.74) is 1.46. The van der Waals surface area contributed by atoms with Crippen LogP contribution in [0.15, 0.2) is 54.6 Å². The van der Waals surface area contributed by atoms with Crippen molar-refractivity contribution in [3.63, 3.8) is 0 Å². The third-order valence-electron chi connectivity index (χ3n) is 5.33. The standard InChI is InChI=1S/C21H25NO.ClH/c1-2-9-19(10-3-1)23-20-14-12-17(13-15-20)21-11-6-8-18-7-4-5-16-22(18)21;/h1-3,9-10,12-15,18,21H,4-8,11,16H2;1H/t18-,21-;/m1./s1. The highest BCUT2D eigenvalue weighted by molar-refractivity contribution is 5.85. The Morgan fingerprint density at radius 3 is 2.25 bits per heavy atom. The number of piperidine rings is 2. The molecule has 0 saturated carbocycles. The van der Waals surface area contributed by atoms with Gasteiger partial charge in [0.15, 0.2) is 0 Å². The minimum Gasteiger partial charge on any atom is -0.457 e. The zero-order chi connectivity index (χ0) is 15.5. The fourth-order valence-corrected chi connectivity index (χ4v) is 4.20. The van der Waals surface area contributed by atoms with Gasteiger partial charge in [-0.1, -0.05) is 36.8 Å². The Morgan fingerprint density at radius 2 is 1.46 bits per heavy atom. The lowest BCUT2D eigenvalue weighted by Gasteiger charge is -2.45. The van der Waals surface area contributed by atoms with E-state index in [9.17, 15) is 0 Å².